The van der Waals surface area contributed by atoms with Crippen molar-refractivity contribution < 1.29 is 19.4 Å². The molecule has 210 valence electrons. The monoisotopic (exact) mass is 585 g/mol. The van der Waals surface area contributed by atoms with E-state index in [0.29, 0.717) is 17.0 Å². The summed E-state index contributed by atoms with van der Waals surface area (Å²) in [5.41, 5.74) is 5.37. The van der Waals surface area contributed by atoms with Crippen molar-refractivity contribution in [3.05, 3.63) is 112 Å². The Hall–Kier alpha value is -3.61. The molecule has 41 heavy (non-hydrogen) atoms. The number of halogens is 1. The molecule has 1 fully saturated rings. The summed E-state index contributed by atoms with van der Waals surface area (Å²) >= 11 is 7.98. The van der Waals surface area contributed by atoms with E-state index in [1.165, 1.54) is 12.7 Å². The van der Waals surface area contributed by atoms with Gasteiger partial charge < -0.3 is 9.84 Å². The third-order valence-corrected chi connectivity index (χ3v) is 9.50. The molecule has 0 radical (unpaired) electrons. The maximum absolute atomic E-state index is 12.3. The van der Waals surface area contributed by atoms with E-state index >= 15 is 0 Å². The quantitative estimate of drug-likeness (QED) is 0.168. The Morgan fingerprint density at radius 2 is 1.85 bits per heavy atom. The van der Waals surface area contributed by atoms with Crippen LogP contribution in [0, 0.1) is 5.41 Å². The van der Waals surface area contributed by atoms with Gasteiger partial charge in [-0.05, 0) is 78.1 Å². The molecule has 5 nitrogen and oxygen atoms in total. The molecule has 7 heteroatoms. The van der Waals surface area contributed by atoms with E-state index in [1.54, 1.807) is 6.07 Å². The van der Waals surface area contributed by atoms with Gasteiger partial charge in [-0.25, -0.2) is 9.78 Å². The van der Waals surface area contributed by atoms with Crippen molar-refractivity contribution in [2.75, 3.05) is 12.9 Å². The highest BCUT2D eigenvalue weighted by atomic mass is 35.5. The Labute approximate surface area is 249 Å². The van der Waals surface area contributed by atoms with E-state index < -0.39 is 5.97 Å². The molecule has 1 aromatic heterocycles. The minimum atomic E-state index is -0.733. The van der Waals surface area contributed by atoms with Crippen molar-refractivity contribution in [3.8, 4) is 0 Å². The van der Waals surface area contributed by atoms with Gasteiger partial charge in [0.2, 0.25) is 0 Å². The van der Waals surface area contributed by atoms with Gasteiger partial charge in [0.25, 0.3) is 0 Å². The second-order valence-electron chi connectivity index (χ2n) is 10.6. The number of esters is 1. The lowest BCUT2D eigenvalue weighted by atomic mass is 9.98. The number of methoxy groups -OCH3 is 1. The summed E-state index contributed by atoms with van der Waals surface area (Å²) < 4.78 is 5.00. The summed E-state index contributed by atoms with van der Waals surface area (Å²) in [5.74, 6) is -0.269. The van der Waals surface area contributed by atoms with Crippen molar-refractivity contribution in [1.29, 1.82) is 0 Å². The van der Waals surface area contributed by atoms with E-state index in [2.05, 4.69) is 30.3 Å². The number of carbonyl (C=O) groups is 2. The van der Waals surface area contributed by atoms with Crippen molar-refractivity contribution in [1.82, 2.24) is 4.98 Å². The number of ether oxygens (including phenoxy) is 1. The fraction of sp³-hybridized carbons (Fsp3) is 0.265. The second-order valence-corrected chi connectivity index (χ2v) is 12.3. The highest BCUT2D eigenvalue weighted by Gasteiger charge is 2.44. The summed E-state index contributed by atoms with van der Waals surface area (Å²) in [4.78, 5) is 28.5. The van der Waals surface area contributed by atoms with Crippen LogP contribution in [0.3, 0.4) is 0 Å². The third-order valence-electron chi connectivity index (χ3n) is 7.58. The van der Waals surface area contributed by atoms with Crippen molar-refractivity contribution in [3.63, 3.8) is 0 Å². The number of benzene rings is 3. The van der Waals surface area contributed by atoms with Gasteiger partial charge in [-0.3, -0.25) is 4.79 Å². The molecule has 0 saturated heterocycles. The van der Waals surface area contributed by atoms with E-state index in [4.69, 9.17) is 21.3 Å². The Balaban J connectivity index is 1.37. The van der Waals surface area contributed by atoms with E-state index in [-0.39, 0.29) is 23.1 Å². The summed E-state index contributed by atoms with van der Waals surface area (Å²) in [5, 5.41) is 11.3. The number of aliphatic carboxylic acids is 1. The first-order valence-corrected chi connectivity index (χ1v) is 15.1. The van der Waals surface area contributed by atoms with Crippen LogP contribution < -0.4 is 0 Å². The molecule has 4 aromatic rings. The smallest absolute Gasteiger partial charge is 0.338 e. The van der Waals surface area contributed by atoms with Crippen molar-refractivity contribution in [2.45, 2.75) is 37.4 Å². The molecule has 0 amide bonds. The maximum atomic E-state index is 12.3. The lowest BCUT2D eigenvalue weighted by molar-refractivity contribution is -0.138. The third kappa shape index (κ3) is 7.57. The SMILES string of the molecule is COC(=O)c1ccccc1CC[C@H](SCC1(CC(=O)O)CC1)c1cccc(/C=C/c2ccc3ccc(Cl)cc3n2)c1. The molecule has 1 atom stereocenters. The molecular formula is C34H32ClNO4S. The Bertz CT molecular complexity index is 1600. The minimum Gasteiger partial charge on any atom is -0.481 e. The highest BCUT2D eigenvalue weighted by Crippen LogP contribution is 2.53. The second kappa shape index (κ2) is 12.9. The molecule has 5 rings (SSSR count). The Morgan fingerprint density at radius 1 is 1.05 bits per heavy atom. The van der Waals surface area contributed by atoms with Crippen LogP contribution in [0.15, 0.2) is 78.9 Å². The van der Waals surface area contributed by atoms with Gasteiger partial charge in [0.1, 0.15) is 0 Å². The van der Waals surface area contributed by atoms with Crippen LogP contribution >= 0.6 is 23.4 Å². The number of hydrogen-bond donors (Lipinski definition) is 1. The van der Waals surface area contributed by atoms with Gasteiger partial charge in [0.05, 0.1) is 30.3 Å². The fourth-order valence-electron chi connectivity index (χ4n) is 5.07. The molecule has 3 aromatic carbocycles. The molecule has 1 aliphatic rings. The largest absolute Gasteiger partial charge is 0.481 e. The summed E-state index contributed by atoms with van der Waals surface area (Å²) in [6, 6.07) is 25.7. The highest BCUT2D eigenvalue weighted by molar-refractivity contribution is 7.99. The average Bonchev–Trinajstić information content (AvgIpc) is 3.74. The first kappa shape index (κ1) is 28.9. The normalized spacial score (nSPS) is 14.7. The Kier molecular flexibility index (Phi) is 9.11. The van der Waals surface area contributed by atoms with E-state index in [9.17, 15) is 14.7 Å². The number of rotatable bonds is 12. The topological polar surface area (TPSA) is 76.5 Å². The van der Waals surface area contributed by atoms with Gasteiger partial charge >= 0.3 is 11.9 Å². The van der Waals surface area contributed by atoms with Gasteiger partial charge in [-0.15, -0.1) is 0 Å². The minimum absolute atomic E-state index is 0.110. The average molecular weight is 586 g/mol. The van der Waals surface area contributed by atoms with Crippen molar-refractivity contribution >= 4 is 58.4 Å². The van der Waals surface area contributed by atoms with Gasteiger partial charge in [-0.1, -0.05) is 72.3 Å². The lowest BCUT2D eigenvalue weighted by Gasteiger charge is -2.21. The molecule has 1 heterocycles. The number of carbonyl (C=O) groups excluding carboxylic acids is 1. The van der Waals surface area contributed by atoms with E-state index in [1.807, 2.05) is 66.4 Å². The van der Waals surface area contributed by atoms with Crippen LogP contribution in [-0.4, -0.2) is 34.9 Å². The van der Waals surface area contributed by atoms with Crippen LogP contribution in [0.1, 0.15) is 63.7 Å². The fourth-order valence-corrected chi connectivity index (χ4v) is 6.81. The number of carboxylic acids is 1. The molecule has 1 saturated carbocycles. The van der Waals surface area contributed by atoms with Gasteiger partial charge in [0.15, 0.2) is 0 Å². The summed E-state index contributed by atoms with van der Waals surface area (Å²) in [6.07, 6.45) is 7.70. The van der Waals surface area contributed by atoms with Crippen LogP contribution in [0.25, 0.3) is 23.1 Å². The number of fused-ring (bicyclic) bond motifs is 1. The summed E-state index contributed by atoms with van der Waals surface area (Å²) in [7, 11) is 1.40. The number of hydrogen-bond acceptors (Lipinski definition) is 5. The molecule has 1 N–H and O–H groups in total. The predicted molar refractivity (Wildman–Crippen MR) is 167 cm³/mol. The number of aromatic nitrogens is 1. The first-order valence-electron chi connectivity index (χ1n) is 13.7. The number of nitrogens with zero attached hydrogens (tertiary/aromatic N) is 1. The van der Waals surface area contributed by atoms with Gasteiger partial charge in [-0.2, -0.15) is 11.8 Å². The molecular weight excluding hydrogens is 554 g/mol. The molecule has 0 unspecified atom stereocenters. The van der Waals surface area contributed by atoms with Gasteiger partial charge in [0, 0.05) is 21.4 Å². The first-order chi connectivity index (χ1) is 19.8. The number of carboxylic acid groups (broad SMARTS) is 1. The Morgan fingerprint density at radius 3 is 2.63 bits per heavy atom. The zero-order chi connectivity index (χ0) is 28.8. The van der Waals surface area contributed by atoms with Crippen LogP contribution in [-0.2, 0) is 16.0 Å². The maximum Gasteiger partial charge on any atom is 0.338 e. The molecule has 1 aliphatic carbocycles. The number of aryl methyl sites for hydroxylation is 1. The standard InChI is InChI=1S/C34H32ClNO4S/c1-40-33(39)29-8-3-2-6-24(29)12-16-31(41-22-34(17-18-34)21-32(37)38)26-7-4-5-23(19-26)9-14-28-15-11-25-10-13-27(35)20-30(25)36-28/h2-11,13-15,19-20,31H,12,16-18,21-22H2,1H3,(H,37,38)/b14-9+/t31-/m0/s1. The predicted octanol–water partition coefficient (Wildman–Crippen LogP) is 8.51. The molecule has 0 aliphatic heterocycles. The van der Waals surface area contributed by atoms with Crippen molar-refractivity contribution in [2.24, 2.45) is 5.41 Å². The zero-order valence-corrected chi connectivity index (χ0v) is 24.5. The van der Waals surface area contributed by atoms with Crippen LogP contribution in [0.2, 0.25) is 5.02 Å². The summed E-state index contributed by atoms with van der Waals surface area (Å²) in [6.45, 7) is 0. The number of thioether (sulfide) groups is 1. The van der Waals surface area contributed by atoms with E-state index in [0.717, 1.165) is 52.7 Å². The lowest BCUT2D eigenvalue weighted by Crippen LogP contribution is -2.13. The van der Waals surface area contributed by atoms with Crippen LogP contribution in [0.4, 0.5) is 0 Å². The zero-order valence-electron chi connectivity index (χ0n) is 22.9. The molecule has 0 spiro atoms. The number of pyridine rings is 1. The molecule has 0 bridgehead atoms. The van der Waals surface area contributed by atoms with Crippen LogP contribution in [0.5, 0.6) is 0 Å².